The highest BCUT2D eigenvalue weighted by atomic mass is 15.1. The number of fused-ring (bicyclic) bond motifs is 6. The average molecular weight is 481 g/mol. The predicted molar refractivity (Wildman–Crippen MR) is 162 cm³/mol. The zero-order chi connectivity index (χ0) is 25.1. The van der Waals surface area contributed by atoms with Crippen LogP contribution >= 0.6 is 0 Å². The molecule has 6 aromatic rings. The summed E-state index contributed by atoms with van der Waals surface area (Å²) in [7, 11) is 0. The zero-order valence-electron chi connectivity index (χ0n) is 20.9. The third kappa shape index (κ3) is 3.14. The highest BCUT2D eigenvalue weighted by molar-refractivity contribution is 7.02. The van der Waals surface area contributed by atoms with Crippen LogP contribution in [-0.2, 0) is 0 Å². The van der Waals surface area contributed by atoms with Gasteiger partial charge in [-0.1, -0.05) is 120 Å². The smallest absolute Gasteiger partial charge is 0.244 e. The Labute approximate surface area is 223 Å². The maximum absolute atomic E-state index is 2.39. The molecule has 2 aliphatic rings. The molecule has 0 fully saturated rings. The van der Waals surface area contributed by atoms with Crippen molar-refractivity contribution in [1.82, 2.24) is 0 Å². The van der Waals surface area contributed by atoms with Crippen molar-refractivity contribution in [3.05, 3.63) is 146 Å². The molecule has 0 aromatic heterocycles. The minimum atomic E-state index is 0.298. The first-order chi connectivity index (χ1) is 18.9. The Hall–Kier alpha value is -4.82. The van der Waals surface area contributed by atoms with Crippen LogP contribution in [0.25, 0.3) is 33.4 Å². The fourth-order valence-electron chi connectivity index (χ4n) is 6.45. The van der Waals surface area contributed by atoms with E-state index in [2.05, 4.69) is 150 Å². The van der Waals surface area contributed by atoms with Crippen LogP contribution in [0.5, 0.6) is 0 Å². The summed E-state index contributed by atoms with van der Waals surface area (Å²) < 4.78 is 0. The summed E-state index contributed by atoms with van der Waals surface area (Å²) >= 11 is 0. The Morgan fingerprint density at radius 3 is 1.55 bits per heavy atom. The monoisotopic (exact) mass is 481 g/mol. The van der Waals surface area contributed by atoms with Crippen molar-refractivity contribution in [2.24, 2.45) is 0 Å². The number of hydrogen-bond acceptors (Lipinski definition) is 1. The average Bonchev–Trinajstić information content (AvgIpc) is 3.50. The molecule has 2 heteroatoms. The topological polar surface area (TPSA) is 3.24 Å². The number of hydrogen-bond donors (Lipinski definition) is 0. The summed E-state index contributed by atoms with van der Waals surface area (Å²) in [5.74, 6) is 0. The van der Waals surface area contributed by atoms with E-state index in [1.807, 2.05) is 0 Å². The van der Waals surface area contributed by atoms with Crippen molar-refractivity contribution in [2.45, 2.75) is 0 Å². The number of nitrogens with zero attached hydrogens (tertiary/aromatic N) is 1. The maximum Gasteiger partial charge on any atom is 0.244 e. The fourth-order valence-corrected chi connectivity index (χ4v) is 6.45. The lowest BCUT2D eigenvalue weighted by Gasteiger charge is -2.26. The van der Waals surface area contributed by atoms with Crippen molar-refractivity contribution in [1.29, 1.82) is 0 Å². The molecule has 6 aromatic carbocycles. The molecule has 0 spiro atoms. The van der Waals surface area contributed by atoms with E-state index in [9.17, 15) is 0 Å². The van der Waals surface area contributed by atoms with Crippen LogP contribution in [0.2, 0.25) is 0 Å². The second-order valence-electron chi connectivity index (χ2n) is 10.1. The van der Waals surface area contributed by atoms with Crippen molar-refractivity contribution >= 4 is 40.2 Å². The van der Waals surface area contributed by atoms with Crippen LogP contribution in [0.4, 0.5) is 17.1 Å². The summed E-state index contributed by atoms with van der Waals surface area (Å²) in [6.07, 6.45) is 0. The standard InChI is InChI=1S/C36H24BN/c1-4-11-25(12-5-1)26-19-21-34-32(23-26)30-17-10-18-31-33-24-29(20-22-35(33)37(34)36(30)31)38(27-13-6-2-7-14-27)28-15-8-3-9-16-28/h1-24H. The van der Waals surface area contributed by atoms with Crippen molar-refractivity contribution in [3.63, 3.8) is 0 Å². The van der Waals surface area contributed by atoms with E-state index < -0.39 is 0 Å². The van der Waals surface area contributed by atoms with Crippen LogP contribution in [0.1, 0.15) is 0 Å². The van der Waals surface area contributed by atoms with E-state index in [0.717, 1.165) is 11.4 Å². The Kier molecular flexibility index (Phi) is 4.68. The van der Waals surface area contributed by atoms with E-state index in [-0.39, 0.29) is 0 Å². The molecule has 1 nitrogen and oxygen atoms in total. The van der Waals surface area contributed by atoms with Crippen LogP contribution in [0.3, 0.4) is 0 Å². The number of benzene rings is 6. The molecule has 0 amide bonds. The second kappa shape index (κ2) is 8.36. The van der Waals surface area contributed by atoms with Crippen molar-refractivity contribution in [3.8, 4) is 33.4 Å². The van der Waals surface area contributed by atoms with E-state index in [4.69, 9.17) is 0 Å². The molecule has 0 bridgehead atoms. The first-order valence-electron chi connectivity index (χ1n) is 13.2. The van der Waals surface area contributed by atoms with Gasteiger partial charge in [0, 0.05) is 17.1 Å². The van der Waals surface area contributed by atoms with Gasteiger partial charge in [0.1, 0.15) is 0 Å². The van der Waals surface area contributed by atoms with Crippen LogP contribution < -0.4 is 21.3 Å². The molecule has 0 atom stereocenters. The maximum atomic E-state index is 2.39. The Morgan fingerprint density at radius 1 is 0.368 bits per heavy atom. The number of rotatable bonds is 4. The van der Waals surface area contributed by atoms with Gasteiger partial charge in [0.15, 0.2) is 0 Å². The molecule has 0 N–H and O–H groups in total. The summed E-state index contributed by atoms with van der Waals surface area (Å²) in [6.45, 7) is 0.298. The molecular weight excluding hydrogens is 457 g/mol. The van der Waals surface area contributed by atoms with Gasteiger partial charge in [-0.25, -0.2) is 0 Å². The van der Waals surface area contributed by atoms with Gasteiger partial charge in [-0.3, -0.25) is 0 Å². The lowest BCUT2D eigenvalue weighted by Crippen LogP contribution is -2.45. The molecule has 38 heavy (non-hydrogen) atoms. The third-order valence-corrected chi connectivity index (χ3v) is 8.08. The van der Waals surface area contributed by atoms with Gasteiger partial charge in [0.05, 0.1) is 0 Å². The molecule has 0 radical (unpaired) electrons. The minimum absolute atomic E-state index is 0.298. The van der Waals surface area contributed by atoms with Crippen LogP contribution in [-0.4, -0.2) is 6.71 Å². The van der Waals surface area contributed by atoms with E-state index in [0.29, 0.717) is 6.71 Å². The molecule has 0 saturated heterocycles. The van der Waals surface area contributed by atoms with Crippen molar-refractivity contribution < 1.29 is 0 Å². The Balaban J connectivity index is 1.28. The van der Waals surface area contributed by atoms with Gasteiger partial charge in [0.25, 0.3) is 0 Å². The molecule has 2 aliphatic heterocycles. The second-order valence-corrected chi connectivity index (χ2v) is 10.1. The fraction of sp³-hybridized carbons (Fsp3) is 0. The normalized spacial score (nSPS) is 12.2. The van der Waals surface area contributed by atoms with Gasteiger partial charge in [-0.2, -0.15) is 0 Å². The van der Waals surface area contributed by atoms with Gasteiger partial charge >= 0.3 is 0 Å². The molecule has 0 saturated carbocycles. The van der Waals surface area contributed by atoms with Gasteiger partial charge in [-0.05, 0) is 75.8 Å². The van der Waals surface area contributed by atoms with E-state index in [1.54, 1.807) is 0 Å². The highest BCUT2D eigenvalue weighted by Crippen LogP contribution is 2.39. The van der Waals surface area contributed by atoms with Crippen LogP contribution in [0, 0.1) is 0 Å². The van der Waals surface area contributed by atoms with Gasteiger partial charge < -0.3 is 4.90 Å². The first-order valence-corrected chi connectivity index (χ1v) is 13.2. The Morgan fingerprint density at radius 2 is 0.921 bits per heavy atom. The zero-order valence-corrected chi connectivity index (χ0v) is 20.9. The molecular formula is C36H24BN. The van der Waals surface area contributed by atoms with Gasteiger partial charge in [-0.15, -0.1) is 0 Å². The van der Waals surface area contributed by atoms with Crippen molar-refractivity contribution in [2.75, 3.05) is 4.90 Å². The van der Waals surface area contributed by atoms with Crippen LogP contribution in [0.15, 0.2) is 146 Å². The largest absolute Gasteiger partial charge is 0.310 e. The first kappa shape index (κ1) is 21.3. The predicted octanol–water partition coefficient (Wildman–Crippen LogP) is 7.30. The SMILES string of the molecule is c1ccc(-c2ccc3c(c2)-c2cccc4c2B3c2ccc(N(c3ccccc3)c3ccccc3)cc2-4)cc1. The molecule has 2 heterocycles. The summed E-state index contributed by atoms with van der Waals surface area (Å²) in [6, 6.07) is 52.9. The minimum Gasteiger partial charge on any atom is -0.310 e. The molecule has 8 rings (SSSR count). The summed E-state index contributed by atoms with van der Waals surface area (Å²) in [4.78, 5) is 2.35. The molecule has 0 unspecified atom stereocenters. The molecule has 176 valence electrons. The van der Waals surface area contributed by atoms with E-state index >= 15 is 0 Å². The number of anilines is 3. The third-order valence-electron chi connectivity index (χ3n) is 8.08. The lowest BCUT2D eigenvalue weighted by atomic mass is 9.41. The Bertz CT molecular complexity index is 1770. The number of para-hydroxylation sites is 2. The van der Waals surface area contributed by atoms with Gasteiger partial charge in [0.2, 0.25) is 6.71 Å². The lowest BCUT2D eigenvalue weighted by molar-refractivity contribution is 1.29. The highest BCUT2D eigenvalue weighted by Gasteiger charge is 2.41. The quantitative estimate of drug-likeness (QED) is 0.239. The van der Waals surface area contributed by atoms with E-state index in [1.165, 1.54) is 55.5 Å². The summed E-state index contributed by atoms with van der Waals surface area (Å²) in [5.41, 5.74) is 15.8. The molecule has 0 aliphatic carbocycles. The summed E-state index contributed by atoms with van der Waals surface area (Å²) in [5, 5.41) is 0.